The zero-order valence-corrected chi connectivity index (χ0v) is 24.2. The number of benzene rings is 1. The average molecular weight is 498 g/mol. The van der Waals surface area contributed by atoms with E-state index in [0.717, 1.165) is 24.3 Å². The van der Waals surface area contributed by atoms with Crippen LogP contribution in [0, 0.1) is 5.41 Å². The fourth-order valence-electron chi connectivity index (χ4n) is 4.96. The summed E-state index contributed by atoms with van der Waals surface area (Å²) in [6.07, 6.45) is 22.1. The van der Waals surface area contributed by atoms with E-state index in [1.807, 2.05) is 26.8 Å². The van der Waals surface area contributed by atoms with E-state index in [1.165, 1.54) is 102 Å². The molecule has 2 aromatic rings. The molecule has 0 aliphatic heterocycles. The van der Waals surface area contributed by atoms with Crippen LogP contribution in [0.1, 0.15) is 149 Å². The van der Waals surface area contributed by atoms with Crippen molar-refractivity contribution in [2.24, 2.45) is 5.41 Å². The summed E-state index contributed by atoms with van der Waals surface area (Å²) < 4.78 is 2.33. The minimum atomic E-state index is -0.404. The quantitative estimate of drug-likeness (QED) is 0.196. The Kier molecular flexibility index (Phi) is 14.2. The van der Waals surface area contributed by atoms with E-state index in [9.17, 15) is 4.79 Å². The van der Waals surface area contributed by atoms with Crippen molar-refractivity contribution in [2.45, 2.75) is 150 Å². The second-order valence-electron chi connectivity index (χ2n) is 11.9. The van der Waals surface area contributed by atoms with Crippen LogP contribution in [0.25, 0.3) is 11.0 Å². The number of aromatic nitrogens is 2. The van der Waals surface area contributed by atoms with E-state index < -0.39 is 5.41 Å². The second kappa shape index (κ2) is 16.8. The molecule has 1 amide bonds. The maximum Gasteiger partial charge on any atom is 0.225 e. The fraction of sp³-hybridized carbons (Fsp3) is 0.750. The first-order valence-electron chi connectivity index (χ1n) is 15.1. The molecule has 0 spiro atoms. The molecule has 4 nitrogen and oxygen atoms in total. The number of unbranched alkanes of at least 4 members (excludes halogenated alkanes) is 15. The van der Waals surface area contributed by atoms with Gasteiger partial charge in [-0.05, 0) is 25.5 Å². The van der Waals surface area contributed by atoms with Gasteiger partial charge in [0.1, 0.15) is 5.82 Å². The maximum absolute atomic E-state index is 12.5. The number of rotatable bonds is 19. The van der Waals surface area contributed by atoms with E-state index in [4.69, 9.17) is 4.98 Å². The van der Waals surface area contributed by atoms with Gasteiger partial charge < -0.3 is 9.88 Å². The summed E-state index contributed by atoms with van der Waals surface area (Å²) in [5.74, 6) is 1.03. The smallest absolute Gasteiger partial charge is 0.225 e. The summed E-state index contributed by atoms with van der Waals surface area (Å²) in [6.45, 7) is 11.2. The third-order valence-electron chi connectivity index (χ3n) is 7.34. The summed E-state index contributed by atoms with van der Waals surface area (Å²) in [4.78, 5) is 17.4. The number of nitrogens with one attached hydrogen (secondary N) is 1. The van der Waals surface area contributed by atoms with Crippen LogP contribution in [0.5, 0.6) is 0 Å². The normalized spacial score (nSPS) is 12.8. The largest absolute Gasteiger partial charge is 0.346 e. The molecule has 4 heteroatoms. The Hall–Kier alpha value is -1.84. The number of fused-ring (bicyclic) bond motifs is 1. The lowest BCUT2D eigenvalue weighted by molar-refractivity contribution is -0.129. The highest BCUT2D eigenvalue weighted by Crippen LogP contribution is 2.24. The number of aryl methyl sites for hydroxylation is 1. The van der Waals surface area contributed by atoms with Crippen molar-refractivity contribution in [2.75, 3.05) is 0 Å². The first-order chi connectivity index (χ1) is 17.3. The fourth-order valence-corrected chi connectivity index (χ4v) is 4.96. The van der Waals surface area contributed by atoms with Gasteiger partial charge in [0.05, 0.1) is 17.1 Å². The van der Waals surface area contributed by atoms with Crippen molar-refractivity contribution in [3.05, 3.63) is 30.1 Å². The van der Waals surface area contributed by atoms with Gasteiger partial charge in [0, 0.05) is 12.0 Å². The van der Waals surface area contributed by atoms with Crippen LogP contribution < -0.4 is 5.32 Å². The molecule has 1 N–H and O–H groups in total. The first-order valence-corrected chi connectivity index (χ1v) is 15.1. The number of hydrogen-bond donors (Lipinski definition) is 1. The molecule has 2 rings (SSSR count). The molecule has 0 saturated carbocycles. The minimum Gasteiger partial charge on any atom is -0.346 e. The first kappa shape index (κ1) is 30.4. The lowest BCUT2D eigenvalue weighted by atomic mass is 9.95. The molecule has 0 fully saturated rings. The number of para-hydroxylation sites is 2. The molecule has 0 radical (unpaired) electrons. The van der Waals surface area contributed by atoms with E-state index >= 15 is 0 Å². The zero-order valence-electron chi connectivity index (χ0n) is 24.2. The minimum absolute atomic E-state index is 0.0658. The third kappa shape index (κ3) is 11.0. The average Bonchev–Trinajstić information content (AvgIpc) is 3.22. The molecule has 1 unspecified atom stereocenters. The SMILES string of the molecule is CCCCCCCCCCCCCCCCCCn1c(C(C)NC(=O)C(C)(C)C)nc2ccccc21. The monoisotopic (exact) mass is 497 g/mol. The number of hydrogen-bond acceptors (Lipinski definition) is 2. The van der Waals surface area contributed by atoms with Crippen LogP contribution in [-0.4, -0.2) is 15.5 Å². The second-order valence-corrected chi connectivity index (χ2v) is 11.9. The Labute approximate surface area is 222 Å². The van der Waals surface area contributed by atoms with Crippen molar-refractivity contribution >= 4 is 16.9 Å². The van der Waals surface area contributed by atoms with Crippen LogP contribution in [0.4, 0.5) is 0 Å². The molecule has 1 atom stereocenters. The molecule has 1 aromatic carbocycles. The Morgan fingerprint density at radius 2 is 1.28 bits per heavy atom. The zero-order chi connectivity index (χ0) is 26.2. The molecule has 0 aliphatic carbocycles. The van der Waals surface area contributed by atoms with Gasteiger partial charge in [0.2, 0.25) is 5.91 Å². The predicted molar refractivity (Wildman–Crippen MR) is 155 cm³/mol. The van der Waals surface area contributed by atoms with Gasteiger partial charge in [0.15, 0.2) is 0 Å². The van der Waals surface area contributed by atoms with Crippen molar-refractivity contribution in [1.29, 1.82) is 0 Å². The Bertz CT molecular complexity index is 864. The molecule has 0 saturated heterocycles. The highest BCUT2D eigenvalue weighted by molar-refractivity contribution is 5.82. The molecule has 1 heterocycles. The third-order valence-corrected chi connectivity index (χ3v) is 7.34. The Morgan fingerprint density at radius 1 is 0.806 bits per heavy atom. The summed E-state index contributed by atoms with van der Waals surface area (Å²) in [5, 5.41) is 3.17. The van der Waals surface area contributed by atoms with Crippen LogP contribution in [-0.2, 0) is 11.3 Å². The molecule has 204 valence electrons. The molecule has 36 heavy (non-hydrogen) atoms. The van der Waals surface area contributed by atoms with Crippen molar-refractivity contribution < 1.29 is 4.79 Å². The van der Waals surface area contributed by atoms with E-state index in [2.05, 4.69) is 41.9 Å². The summed E-state index contributed by atoms with van der Waals surface area (Å²) >= 11 is 0. The molecule has 1 aromatic heterocycles. The number of carbonyl (C=O) groups is 1. The van der Waals surface area contributed by atoms with Crippen molar-refractivity contribution in [1.82, 2.24) is 14.9 Å². The number of amides is 1. The number of carbonyl (C=O) groups excluding carboxylic acids is 1. The number of imidazole rings is 1. The molecular formula is C32H55N3O. The van der Waals surface area contributed by atoms with E-state index in [0.29, 0.717) is 0 Å². The summed E-state index contributed by atoms with van der Waals surface area (Å²) in [6, 6.07) is 8.23. The van der Waals surface area contributed by atoms with Gasteiger partial charge in [-0.1, -0.05) is 136 Å². The highest BCUT2D eigenvalue weighted by Gasteiger charge is 2.25. The van der Waals surface area contributed by atoms with E-state index in [-0.39, 0.29) is 11.9 Å². The molecular weight excluding hydrogens is 442 g/mol. The standard InChI is InChI=1S/C32H55N3O/c1-6-7-8-9-10-11-12-13-14-15-16-17-18-19-20-23-26-35-29-25-22-21-24-28(29)34-30(35)27(2)33-31(36)32(3,4)5/h21-22,24-25,27H,6-20,23,26H2,1-5H3,(H,33,36). The predicted octanol–water partition coefficient (Wildman–Crippen LogP) is 9.52. The van der Waals surface area contributed by atoms with Crippen molar-refractivity contribution in [3.63, 3.8) is 0 Å². The summed E-state index contributed by atoms with van der Waals surface area (Å²) in [7, 11) is 0. The molecule has 0 aliphatic rings. The van der Waals surface area contributed by atoms with Crippen molar-refractivity contribution in [3.8, 4) is 0 Å². The van der Waals surface area contributed by atoms with Gasteiger partial charge in [-0.2, -0.15) is 0 Å². The van der Waals surface area contributed by atoms with Gasteiger partial charge in [-0.25, -0.2) is 4.98 Å². The van der Waals surface area contributed by atoms with Crippen LogP contribution >= 0.6 is 0 Å². The highest BCUT2D eigenvalue weighted by atomic mass is 16.2. The summed E-state index contributed by atoms with van der Waals surface area (Å²) in [5.41, 5.74) is 1.78. The van der Waals surface area contributed by atoms with Crippen LogP contribution in [0.2, 0.25) is 0 Å². The number of nitrogens with zero attached hydrogens (tertiary/aromatic N) is 2. The van der Waals surface area contributed by atoms with Gasteiger partial charge in [0.25, 0.3) is 0 Å². The van der Waals surface area contributed by atoms with Crippen LogP contribution in [0.15, 0.2) is 24.3 Å². The molecule has 0 bridgehead atoms. The maximum atomic E-state index is 12.5. The van der Waals surface area contributed by atoms with Gasteiger partial charge in [-0.15, -0.1) is 0 Å². The topological polar surface area (TPSA) is 46.9 Å². The van der Waals surface area contributed by atoms with Gasteiger partial charge >= 0.3 is 0 Å². The Morgan fingerprint density at radius 3 is 1.78 bits per heavy atom. The Balaban J connectivity index is 1.63. The van der Waals surface area contributed by atoms with Gasteiger partial charge in [-0.3, -0.25) is 4.79 Å². The lowest BCUT2D eigenvalue weighted by Crippen LogP contribution is -2.37. The van der Waals surface area contributed by atoms with E-state index in [1.54, 1.807) is 0 Å². The lowest BCUT2D eigenvalue weighted by Gasteiger charge is -2.22. The van der Waals surface area contributed by atoms with Crippen LogP contribution in [0.3, 0.4) is 0 Å².